The molecule has 108 valence electrons. The molecule has 2 aromatic rings. The Morgan fingerprint density at radius 1 is 1.00 bits per heavy atom. The van der Waals surface area contributed by atoms with E-state index >= 15 is 0 Å². The normalized spacial score (nSPS) is 11.8. The Bertz CT molecular complexity index is 545. The molecule has 0 spiro atoms. The summed E-state index contributed by atoms with van der Waals surface area (Å²) < 4.78 is 0. The van der Waals surface area contributed by atoms with Crippen LogP contribution in [0.2, 0.25) is 0 Å². The molecule has 1 nitrogen and oxygen atoms in total. The lowest BCUT2D eigenvalue weighted by Gasteiger charge is -2.19. The van der Waals surface area contributed by atoms with Gasteiger partial charge in [0.1, 0.15) is 0 Å². The van der Waals surface area contributed by atoms with Gasteiger partial charge in [-0.25, -0.2) is 0 Å². The van der Waals surface area contributed by atoms with Gasteiger partial charge in [0.15, 0.2) is 0 Å². The maximum Gasteiger partial charge on any atom is 0.0545 e. The first-order valence-corrected chi connectivity index (χ1v) is 8.39. The average molecular weight is 295 g/mol. The maximum absolute atomic E-state index is 5.27. The molecule has 0 aliphatic rings. The topological polar surface area (TPSA) is 12.0 Å². The van der Waals surface area contributed by atoms with E-state index in [0.717, 1.165) is 24.5 Å². The Morgan fingerprint density at radius 2 is 1.67 bits per heavy atom. The second-order valence-electron chi connectivity index (χ2n) is 4.86. The third kappa shape index (κ3) is 5.67. The first-order valence-electron chi connectivity index (χ1n) is 7.23. The van der Waals surface area contributed by atoms with Gasteiger partial charge in [0.2, 0.25) is 0 Å². The van der Waals surface area contributed by atoms with Crippen LogP contribution in [0.3, 0.4) is 0 Å². The molecule has 0 aliphatic carbocycles. The average Bonchev–Trinajstić information content (AvgIpc) is 2.55. The summed E-state index contributed by atoms with van der Waals surface area (Å²) in [7, 11) is 0. The van der Waals surface area contributed by atoms with E-state index in [1.807, 2.05) is 0 Å². The van der Waals surface area contributed by atoms with Gasteiger partial charge in [-0.2, -0.15) is 0 Å². The van der Waals surface area contributed by atoms with Gasteiger partial charge in [-0.1, -0.05) is 66.6 Å². The molecule has 2 heteroatoms. The lowest BCUT2D eigenvalue weighted by molar-refractivity contribution is 0.552. The van der Waals surface area contributed by atoms with Crippen molar-refractivity contribution < 1.29 is 0 Å². The number of thioether (sulfide) groups is 1. The summed E-state index contributed by atoms with van der Waals surface area (Å²) in [4.78, 5) is 0. The van der Waals surface area contributed by atoms with Crippen molar-refractivity contribution in [2.75, 3.05) is 18.1 Å². The second-order valence-corrected chi connectivity index (χ2v) is 5.97. The molecule has 0 amide bonds. The van der Waals surface area contributed by atoms with E-state index < -0.39 is 0 Å². The highest BCUT2D eigenvalue weighted by Gasteiger charge is 2.11. The van der Waals surface area contributed by atoms with E-state index in [9.17, 15) is 0 Å². The van der Waals surface area contributed by atoms with E-state index in [-0.39, 0.29) is 0 Å². The predicted molar refractivity (Wildman–Crippen MR) is 93.5 cm³/mol. The van der Waals surface area contributed by atoms with Crippen molar-refractivity contribution >= 4 is 11.8 Å². The zero-order chi connectivity index (χ0) is 14.8. The monoisotopic (exact) mass is 295 g/mol. The molecule has 1 N–H and O–H groups in total. The van der Waals surface area contributed by atoms with Gasteiger partial charge in [0, 0.05) is 18.3 Å². The molecule has 2 rings (SSSR count). The fraction of sp³-hybridized carbons (Fsp3) is 0.263. The van der Waals surface area contributed by atoms with Gasteiger partial charge in [-0.05, 0) is 17.5 Å². The van der Waals surface area contributed by atoms with Crippen molar-refractivity contribution in [2.45, 2.75) is 12.5 Å². The minimum Gasteiger partial charge on any atom is -0.309 e. The number of hydrogen-bond donors (Lipinski definition) is 1. The zero-order valence-electron chi connectivity index (χ0n) is 12.2. The van der Waals surface area contributed by atoms with Gasteiger partial charge < -0.3 is 5.32 Å². The maximum atomic E-state index is 5.27. The summed E-state index contributed by atoms with van der Waals surface area (Å²) in [6.07, 6.45) is 6.28. The number of nitrogens with one attached hydrogen (secondary N) is 1. The van der Waals surface area contributed by atoms with E-state index in [1.54, 1.807) is 11.8 Å². The van der Waals surface area contributed by atoms with Crippen molar-refractivity contribution in [3.8, 4) is 12.3 Å². The SMILES string of the molecule is C#CCSCCNC(Cc1ccccc1)c1ccccc1. The second kappa shape index (κ2) is 9.28. The van der Waals surface area contributed by atoms with Gasteiger partial charge in [0.25, 0.3) is 0 Å². The van der Waals surface area contributed by atoms with Crippen LogP contribution < -0.4 is 5.32 Å². The molecule has 21 heavy (non-hydrogen) atoms. The van der Waals surface area contributed by atoms with Crippen molar-refractivity contribution in [3.63, 3.8) is 0 Å². The molecule has 0 saturated carbocycles. The van der Waals surface area contributed by atoms with Crippen LogP contribution in [0.1, 0.15) is 17.2 Å². The van der Waals surface area contributed by atoms with Crippen LogP contribution in [0.4, 0.5) is 0 Å². The minimum atomic E-state index is 0.347. The predicted octanol–water partition coefficient (Wildman–Crippen LogP) is 3.93. The van der Waals surface area contributed by atoms with Crippen molar-refractivity contribution in [1.82, 2.24) is 5.32 Å². The number of rotatable bonds is 8. The lowest BCUT2D eigenvalue weighted by Crippen LogP contribution is -2.25. The molecule has 2 aromatic carbocycles. The molecule has 0 aromatic heterocycles. The summed E-state index contributed by atoms with van der Waals surface area (Å²) in [5.41, 5.74) is 2.69. The third-order valence-electron chi connectivity index (χ3n) is 3.31. The highest BCUT2D eigenvalue weighted by Crippen LogP contribution is 2.18. The zero-order valence-corrected chi connectivity index (χ0v) is 13.0. The Labute approximate surface area is 132 Å². The van der Waals surface area contributed by atoms with Crippen LogP contribution in [0.15, 0.2) is 60.7 Å². The van der Waals surface area contributed by atoms with Crippen LogP contribution >= 0.6 is 11.8 Å². The quantitative estimate of drug-likeness (QED) is 0.585. The van der Waals surface area contributed by atoms with Crippen LogP contribution in [0, 0.1) is 12.3 Å². The molecule has 0 aliphatic heterocycles. The molecule has 1 unspecified atom stereocenters. The van der Waals surface area contributed by atoms with Crippen LogP contribution in [-0.2, 0) is 6.42 Å². The molecule has 1 atom stereocenters. The Kier molecular flexibility index (Phi) is 6.94. The minimum absolute atomic E-state index is 0.347. The van der Waals surface area contributed by atoms with Crippen molar-refractivity contribution in [3.05, 3.63) is 71.8 Å². The molecule has 0 radical (unpaired) electrons. The highest BCUT2D eigenvalue weighted by atomic mass is 32.2. The highest BCUT2D eigenvalue weighted by molar-refractivity contribution is 7.99. The fourth-order valence-corrected chi connectivity index (χ4v) is 2.80. The van der Waals surface area contributed by atoms with Crippen LogP contribution in [0.25, 0.3) is 0 Å². The van der Waals surface area contributed by atoms with Crippen molar-refractivity contribution in [2.24, 2.45) is 0 Å². The van der Waals surface area contributed by atoms with Gasteiger partial charge >= 0.3 is 0 Å². The standard InChI is InChI=1S/C19H21NS/c1-2-14-21-15-13-20-19(18-11-7-4-8-12-18)16-17-9-5-3-6-10-17/h1,3-12,19-20H,13-16H2. The largest absolute Gasteiger partial charge is 0.309 e. The first-order chi connectivity index (χ1) is 10.4. The summed E-state index contributed by atoms with van der Waals surface area (Å²) in [6.45, 7) is 0.971. The first kappa shape index (κ1) is 15.7. The van der Waals surface area contributed by atoms with Gasteiger partial charge in [0.05, 0.1) is 5.75 Å². The summed E-state index contributed by atoms with van der Waals surface area (Å²) >= 11 is 1.80. The lowest BCUT2D eigenvalue weighted by atomic mass is 9.99. The van der Waals surface area contributed by atoms with Gasteiger partial charge in [-0.3, -0.25) is 0 Å². The summed E-state index contributed by atoms with van der Waals surface area (Å²) in [5, 5.41) is 3.65. The molecular weight excluding hydrogens is 274 g/mol. The Hall–Kier alpha value is -1.69. The molecule has 0 saturated heterocycles. The van der Waals surface area contributed by atoms with Gasteiger partial charge in [-0.15, -0.1) is 18.2 Å². The molecular formula is C19H21NS. The molecule has 0 bridgehead atoms. The van der Waals surface area contributed by atoms with Crippen LogP contribution in [0.5, 0.6) is 0 Å². The number of terminal acetylenes is 1. The van der Waals surface area contributed by atoms with E-state index in [1.165, 1.54) is 11.1 Å². The summed E-state index contributed by atoms with van der Waals surface area (Å²) in [5.74, 6) is 4.49. The van der Waals surface area contributed by atoms with E-state index in [0.29, 0.717) is 6.04 Å². The summed E-state index contributed by atoms with van der Waals surface area (Å²) in [6, 6.07) is 21.6. The number of benzene rings is 2. The molecule has 0 heterocycles. The third-order valence-corrected chi connectivity index (χ3v) is 4.17. The fourth-order valence-electron chi connectivity index (χ4n) is 2.28. The Morgan fingerprint density at radius 3 is 2.33 bits per heavy atom. The Balaban J connectivity index is 1.96. The number of hydrogen-bond acceptors (Lipinski definition) is 2. The smallest absolute Gasteiger partial charge is 0.0545 e. The van der Waals surface area contributed by atoms with Crippen molar-refractivity contribution in [1.29, 1.82) is 0 Å². The van der Waals surface area contributed by atoms with Crippen LogP contribution in [-0.4, -0.2) is 18.1 Å². The van der Waals surface area contributed by atoms with E-state index in [2.05, 4.69) is 71.9 Å². The molecule has 0 fully saturated rings. The van der Waals surface area contributed by atoms with E-state index in [4.69, 9.17) is 6.42 Å².